The van der Waals surface area contributed by atoms with Crippen molar-refractivity contribution in [1.29, 1.82) is 0 Å². The summed E-state index contributed by atoms with van der Waals surface area (Å²) in [7, 11) is 0. The first-order valence-electron chi connectivity index (χ1n) is 7.95. The molecule has 0 heterocycles. The first-order chi connectivity index (χ1) is 8.81. The van der Waals surface area contributed by atoms with Gasteiger partial charge >= 0.3 is 0 Å². The highest BCUT2D eigenvalue weighted by Crippen LogP contribution is 2.16. The van der Waals surface area contributed by atoms with Crippen LogP contribution in [0.25, 0.3) is 0 Å². The number of allylic oxidation sites excluding steroid dienone is 1. The van der Waals surface area contributed by atoms with Crippen LogP contribution in [0, 0.1) is 0 Å². The van der Waals surface area contributed by atoms with E-state index in [1.807, 2.05) is 17.8 Å². The highest BCUT2D eigenvalue weighted by molar-refractivity contribution is 7.99. The fraction of sp³-hybridized carbons (Fsp3) is 0.882. The summed E-state index contributed by atoms with van der Waals surface area (Å²) in [6.07, 6.45) is 21.2. The molecule has 0 aliphatic carbocycles. The van der Waals surface area contributed by atoms with Crippen molar-refractivity contribution in [3.8, 4) is 0 Å². The molecule has 1 unspecified atom stereocenters. The number of hydrogen-bond donors (Lipinski definition) is 0. The summed E-state index contributed by atoms with van der Waals surface area (Å²) < 4.78 is 0. The minimum absolute atomic E-state index is 0.862. The van der Waals surface area contributed by atoms with Crippen LogP contribution in [0.5, 0.6) is 0 Å². The molecule has 0 radical (unpaired) electrons. The summed E-state index contributed by atoms with van der Waals surface area (Å²) >= 11 is 2.00. The molecular formula is C17H34S. The molecular weight excluding hydrogens is 236 g/mol. The van der Waals surface area contributed by atoms with Gasteiger partial charge < -0.3 is 0 Å². The van der Waals surface area contributed by atoms with Gasteiger partial charge in [-0.15, -0.1) is 6.58 Å². The molecule has 18 heavy (non-hydrogen) atoms. The molecule has 0 saturated carbocycles. The second kappa shape index (κ2) is 15.1. The fourth-order valence-corrected chi connectivity index (χ4v) is 2.65. The first-order valence-corrected chi connectivity index (χ1v) is 9.23. The van der Waals surface area contributed by atoms with Crippen LogP contribution in [0.4, 0.5) is 0 Å². The molecule has 0 aromatic carbocycles. The second-order valence-corrected chi connectivity index (χ2v) is 6.72. The van der Waals surface area contributed by atoms with Gasteiger partial charge in [0, 0.05) is 5.25 Å². The van der Waals surface area contributed by atoms with Crippen molar-refractivity contribution in [3.63, 3.8) is 0 Å². The minimum Gasteiger partial charge on any atom is -0.162 e. The average molecular weight is 271 g/mol. The summed E-state index contributed by atoms with van der Waals surface area (Å²) in [5.74, 6) is 0. The summed E-state index contributed by atoms with van der Waals surface area (Å²) in [5, 5.41) is 0.862. The molecule has 1 atom stereocenters. The third-order valence-electron chi connectivity index (χ3n) is 3.67. The van der Waals surface area contributed by atoms with E-state index >= 15 is 0 Å². The van der Waals surface area contributed by atoms with Gasteiger partial charge in [-0.3, -0.25) is 0 Å². The molecule has 0 fully saturated rings. The number of rotatable bonds is 14. The number of unbranched alkanes of at least 4 members (excludes halogenated alkanes) is 10. The highest BCUT2D eigenvalue weighted by Gasteiger charge is 1.98. The zero-order valence-corrected chi connectivity index (χ0v) is 13.6. The first kappa shape index (κ1) is 18.1. The van der Waals surface area contributed by atoms with Crippen LogP contribution >= 0.6 is 11.8 Å². The van der Waals surface area contributed by atoms with Gasteiger partial charge in [0.05, 0.1) is 0 Å². The molecule has 1 heteroatoms. The molecule has 108 valence electrons. The second-order valence-electron chi connectivity index (χ2n) is 5.45. The van der Waals surface area contributed by atoms with Gasteiger partial charge in [-0.1, -0.05) is 70.8 Å². The van der Waals surface area contributed by atoms with Crippen LogP contribution in [0.2, 0.25) is 0 Å². The molecule has 0 aromatic rings. The quantitative estimate of drug-likeness (QED) is 0.253. The lowest BCUT2D eigenvalue weighted by atomic mass is 10.0. The van der Waals surface area contributed by atoms with Gasteiger partial charge in [0.1, 0.15) is 0 Å². The number of hydrogen-bond acceptors (Lipinski definition) is 1. The van der Waals surface area contributed by atoms with Gasteiger partial charge in [0.15, 0.2) is 0 Å². The van der Waals surface area contributed by atoms with Crippen LogP contribution < -0.4 is 0 Å². The summed E-state index contributed by atoms with van der Waals surface area (Å²) in [4.78, 5) is 0. The summed E-state index contributed by atoms with van der Waals surface area (Å²) in [6.45, 7) is 6.10. The smallest absolute Gasteiger partial charge is 0.00159 e. The van der Waals surface area contributed by atoms with Crippen molar-refractivity contribution in [3.05, 3.63) is 12.7 Å². The molecule has 0 rings (SSSR count). The van der Waals surface area contributed by atoms with E-state index < -0.39 is 0 Å². The third kappa shape index (κ3) is 14.2. The highest BCUT2D eigenvalue weighted by atomic mass is 32.2. The zero-order chi connectivity index (χ0) is 13.5. The van der Waals surface area contributed by atoms with E-state index in [1.54, 1.807) is 0 Å². The van der Waals surface area contributed by atoms with Crippen LogP contribution in [0.3, 0.4) is 0 Å². The zero-order valence-electron chi connectivity index (χ0n) is 12.8. The lowest BCUT2D eigenvalue weighted by Gasteiger charge is -2.07. The van der Waals surface area contributed by atoms with E-state index in [0.717, 1.165) is 5.25 Å². The van der Waals surface area contributed by atoms with Gasteiger partial charge in [0.2, 0.25) is 0 Å². The molecule has 0 N–H and O–H groups in total. The van der Waals surface area contributed by atoms with Gasteiger partial charge in [-0.2, -0.15) is 11.8 Å². The van der Waals surface area contributed by atoms with Crippen LogP contribution in [0.15, 0.2) is 12.7 Å². The molecule has 0 bridgehead atoms. The van der Waals surface area contributed by atoms with E-state index in [-0.39, 0.29) is 0 Å². The van der Waals surface area contributed by atoms with E-state index in [1.165, 1.54) is 77.0 Å². The topological polar surface area (TPSA) is 0 Å². The largest absolute Gasteiger partial charge is 0.162 e. The van der Waals surface area contributed by atoms with E-state index in [2.05, 4.69) is 19.8 Å². The van der Waals surface area contributed by atoms with Crippen LogP contribution in [-0.2, 0) is 0 Å². The Morgan fingerprint density at radius 1 is 0.833 bits per heavy atom. The molecule has 0 spiro atoms. The van der Waals surface area contributed by atoms with Crippen LogP contribution in [-0.4, -0.2) is 11.5 Å². The fourth-order valence-electron chi connectivity index (χ4n) is 2.25. The Morgan fingerprint density at radius 3 is 1.72 bits per heavy atom. The van der Waals surface area contributed by atoms with Crippen molar-refractivity contribution in [1.82, 2.24) is 0 Å². The monoisotopic (exact) mass is 270 g/mol. The molecule has 0 saturated heterocycles. The maximum absolute atomic E-state index is 3.76. The van der Waals surface area contributed by atoms with E-state index in [9.17, 15) is 0 Å². The van der Waals surface area contributed by atoms with E-state index in [4.69, 9.17) is 0 Å². The van der Waals surface area contributed by atoms with Gasteiger partial charge in [-0.25, -0.2) is 0 Å². The summed E-state index contributed by atoms with van der Waals surface area (Å²) in [6, 6.07) is 0. The van der Waals surface area contributed by atoms with Crippen molar-refractivity contribution < 1.29 is 0 Å². The van der Waals surface area contributed by atoms with Crippen molar-refractivity contribution in [2.75, 3.05) is 6.26 Å². The Bertz CT molecular complexity index is 165. The Hall–Kier alpha value is 0.0900. The summed E-state index contributed by atoms with van der Waals surface area (Å²) in [5.41, 5.74) is 0. The standard InChI is InChI=1S/C17H34S/c1-4-5-6-7-8-9-10-11-12-13-14-15-16-17(2)18-3/h4,17H,1,5-16H2,2-3H3. The lowest BCUT2D eigenvalue weighted by Crippen LogP contribution is -1.94. The maximum Gasteiger partial charge on any atom is 0.00159 e. The third-order valence-corrected chi connectivity index (χ3v) is 4.71. The maximum atomic E-state index is 3.76. The van der Waals surface area contributed by atoms with E-state index in [0.29, 0.717) is 0 Å². The Morgan fingerprint density at radius 2 is 1.28 bits per heavy atom. The number of thioether (sulfide) groups is 1. The molecule has 0 nitrogen and oxygen atoms in total. The normalized spacial score (nSPS) is 12.6. The van der Waals surface area contributed by atoms with Crippen molar-refractivity contribution in [2.45, 2.75) is 89.2 Å². The molecule has 0 aliphatic heterocycles. The van der Waals surface area contributed by atoms with Crippen LogP contribution in [0.1, 0.15) is 84.0 Å². The predicted molar refractivity (Wildman–Crippen MR) is 88.6 cm³/mol. The van der Waals surface area contributed by atoms with Gasteiger partial charge in [-0.05, 0) is 25.5 Å². The molecule has 0 aromatic heterocycles. The molecule has 0 aliphatic rings. The van der Waals surface area contributed by atoms with Gasteiger partial charge in [0.25, 0.3) is 0 Å². The van der Waals surface area contributed by atoms with Crippen molar-refractivity contribution in [2.24, 2.45) is 0 Å². The lowest BCUT2D eigenvalue weighted by molar-refractivity contribution is 0.546. The molecule has 0 amide bonds. The average Bonchev–Trinajstić information content (AvgIpc) is 2.39. The Kier molecular flexibility index (Phi) is 15.2. The predicted octanol–water partition coefficient (Wildman–Crippen LogP) is 6.61. The Balaban J connectivity index is 2.96. The SMILES string of the molecule is C=CCCCCCCCCCCCCC(C)SC. The minimum atomic E-state index is 0.862. The van der Waals surface area contributed by atoms with Crippen molar-refractivity contribution >= 4 is 11.8 Å². The Labute approximate surface area is 120 Å².